The van der Waals surface area contributed by atoms with Gasteiger partial charge in [-0.2, -0.15) is 0 Å². The number of nitrogens with zero attached hydrogens (tertiary/aromatic N) is 2. The lowest BCUT2D eigenvalue weighted by atomic mass is 9.95. The van der Waals surface area contributed by atoms with Crippen molar-refractivity contribution in [2.45, 2.75) is 37.3 Å². The Morgan fingerprint density at radius 3 is 2.33 bits per heavy atom. The van der Waals surface area contributed by atoms with Crippen molar-refractivity contribution in [2.75, 3.05) is 5.32 Å². The van der Waals surface area contributed by atoms with E-state index in [0.29, 0.717) is 15.2 Å². The molecular formula is C22H23N3O2S3. The number of hydrogen-bond acceptors (Lipinski definition) is 6. The zero-order valence-electron chi connectivity index (χ0n) is 17.2. The van der Waals surface area contributed by atoms with E-state index in [9.17, 15) is 9.59 Å². The standard InChI is InChI=1S/C22H23N3O2S3/c1-14(29-20-24-25(21(28)30-20)17-8-6-5-7-9-17)18(26)15-10-12-16(13-11-15)23-19(27)22(2,3)4/h5-14H,1-4H3,(H,23,27). The molecule has 0 bridgehead atoms. The molecule has 1 amide bonds. The second-order valence-corrected chi connectivity index (χ2v) is 11.0. The number of carbonyl (C=O) groups excluding carboxylic acids is 2. The first-order valence-corrected chi connectivity index (χ1v) is 11.5. The van der Waals surface area contributed by atoms with E-state index in [-0.39, 0.29) is 16.9 Å². The molecular weight excluding hydrogens is 434 g/mol. The number of Topliss-reactive ketones (excluding diaryl/α,β-unsaturated/α-hetero) is 1. The third kappa shape index (κ3) is 5.44. The maximum Gasteiger partial charge on any atom is 0.229 e. The molecule has 8 heteroatoms. The molecule has 1 atom stereocenters. The Bertz CT molecular complexity index is 1100. The molecule has 0 aliphatic rings. The van der Waals surface area contributed by atoms with Gasteiger partial charge < -0.3 is 5.32 Å². The third-order valence-corrected chi connectivity index (χ3v) is 6.70. The fourth-order valence-electron chi connectivity index (χ4n) is 2.52. The van der Waals surface area contributed by atoms with Crippen LogP contribution in [0.15, 0.2) is 58.9 Å². The second-order valence-electron chi connectivity index (χ2n) is 7.79. The van der Waals surface area contributed by atoms with Crippen LogP contribution in [0.5, 0.6) is 0 Å². The predicted molar refractivity (Wildman–Crippen MR) is 126 cm³/mol. The van der Waals surface area contributed by atoms with Crippen LogP contribution in [0.2, 0.25) is 0 Å². The summed E-state index contributed by atoms with van der Waals surface area (Å²) in [7, 11) is 0. The molecule has 1 aromatic heterocycles. The summed E-state index contributed by atoms with van der Waals surface area (Å²) in [6.45, 7) is 7.42. The van der Waals surface area contributed by atoms with Crippen LogP contribution in [0.25, 0.3) is 5.69 Å². The van der Waals surface area contributed by atoms with Crippen molar-refractivity contribution in [2.24, 2.45) is 5.41 Å². The lowest BCUT2D eigenvalue weighted by molar-refractivity contribution is -0.123. The number of carbonyl (C=O) groups is 2. The van der Waals surface area contributed by atoms with Crippen LogP contribution in [0, 0.1) is 9.37 Å². The molecule has 30 heavy (non-hydrogen) atoms. The summed E-state index contributed by atoms with van der Waals surface area (Å²) in [5.41, 5.74) is 1.69. The Balaban J connectivity index is 1.68. The molecule has 0 fully saturated rings. The molecule has 0 spiro atoms. The molecule has 1 heterocycles. The quantitative estimate of drug-likeness (QED) is 0.279. The minimum atomic E-state index is -0.479. The van der Waals surface area contributed by atoms with Crippen molar-refractivity contribution in [3.63, 3.8) is 0 Å². The average molecular weight is 458 g/mol. The van der Waals surface area contributed by atoms with E-state index in [0.717, 1.165) is 10.0 Å². The number of thioether (sulfide) groups is 1. The Hall–Kier alpha value is -2.29. The van der Waals surface area contributed by atoms with Crippen LogP contribution < -0.4 is 5.32 Å². The molecule has 156 valence electrons. The highest BCUT2D eigenvalue weighted by molar-refractivity contribution is 8.02. The highest BCUT2D eigenvalue weighted by Gasteiger charge is 2.22. The summed E-state index contributed by atoms with van der Waals surface area (Å²) in [6, 6.07) is 16.7. The molecule has 0 saturated carbocycles. The number of anilines is 1. The predicted octanol–water partition coefficient (Wildman–Crippen LogP) is 6.01. The van der Waals surface area contributed by atoms with E-state index in [1.54, 1.807) is 28.9 Å². The first kappa shape index (κ1) is 22.4. The number of aromatic nitrogens is 2. The van der Waals surface area contributed by atoms with E-state index < -0.39 is 5.41 Å². The Morgan fingerprint density at radius 2 is 1.73 bits per heavy atom. The van der Waals surface area contributed by atoms with E-state index in [4.69, 9.17) is 12.2 Å². The zero-order chi connectivity index (χ0) is 21.9. The third-order valence-electron chi connectivity index (χ3n) is 4.29. The van der Waals surface area contributed by atoms with Crippen LogP contribution in [0.4, 0.5) is 5.69 Å². The number of para-hydroxylation sites is 1. The number of benzene rings is 2. The molecule has 1 unspecified atom stereocenters. The molecule has 0 saturated heterocycles. The molecule has 3 aromatic rings. The zero-order valence-corrected chi connectivity index (χ0v) is 19.7. The number of nitrogens with one attached hydrogen (secondary N) is 1. The van der Waals surface area contributed by atoms with Crippen molar-refractivity contribution in [1.29, 1.82) is 0 Å². The highest BCUT2D eigenvalue weighted by Crippen LogP contribution is 2.29. The Morgan fingerprint density at radius 1 is 1.10 bits per heavy atom. The van der Waals surface area contributed by atoms with Crippen molar-refractivity contribution >= 4 is 52.7 Å². The van der Waals surface area contributed by atoms with Gasteiger partial charge in [-0.3, -0.25) is 9.59 Å². The van der Waals surface area contributed by atoms with Crippen LogP contribution >= 0.6 is 35.3 Å². The van der Waals surface area contributed by atoms with E-state index in [1.165, 1.54) is 23.1 Å². The van der Waals surface area contributed by atoms with Gasteiger partial charge in [-0.05, 0) is 55.5 Å². The minimum Gasteiger partial charge on any atom is -0.326 e. The van der Waals surface area contributed by atoms with Gasteiger partial charge in [-0.1, -0.05) is 62.1 Å². The number of rotatable bonds is 6. The number of hydrogen-bond donors (Lipinski definition) is 1. The number of amides is 1. The van der Waals surface area contributed by atoms with Gasteiger partial charge in [-0.25, -0.2) is 4.68 Å². The SMILES string of the molecule is CC(Sc1nn(-c2ccccc2)c(=S)s1)C(=O)c1ccc(NC(=O)C(C)(C)C)cc1. The second kappa shape index (κ2) is 9.24. The van der Waals surface area contributed by atoms with E-state index in [2.05, 4.69) is 10.4 Å². The van der Waals surface area contributed by atoms with Gasteiger partial charge in [0.2, 0.25) is 5.91 Å². The first-order chi connectivity index (χ1) is 14.1. The average Bonchev–Trinajstić information content (AvgIpc) is 3.08. The summed E-state index contributed by atoms with van der Waals surface area (Å²) in [4.78, 5) is 24.9. The molecule has 1 N–H and O–H groups in total. The lowest BCUT2D eigenvalue weighted by Gasteiger charge is -2.17. The van der Waals surface area contributed by atoms with Crippen molar-refractivity contribution in [3.05, 3.63) is 64.1 Å². The smallest absolute Gasteiger partial charge is 0.229 e. The number of ketones is 1. The summed E-state index contributed by atoms with van der Waals surface area (Å²) < 4.78 is 3.10. The summed E-state index contributed by atoms with van der Waals surface area (Å²) in [6.07, 6.45) is 0. The Kier molecular flexibility index (Phi) is 6.90. The molecule has 2 aromatic carbocycles. The van der Waals surface area contributed by atoms with Crippen LogP contribution in [0.3, 0.4) is 0 Å². The maximum atomic E-state index is 12.8. The monoisotopic (exact) mass is 457 g/mol. The molecule has 0 aliphatic heterocycles. The lowest BCUT2D eigenvalue weighted by Crippen LogP contribution is -2.27. The van der Waals surface area contributed by atoms with Crippen LogP contribution in [-0.2, 0) is 4.79 Å². The fraction of sp³-hybridized carbons (Fsp3) is 0.273. The van der Waals surface area contributed by atoms with Gasteiger partial charge in [0, 0.05) is 16.7 Å². The van der Waals surface area contributed by atoms with Gasteiger partial charge >= 0.3 is 0 Å². The largest absolute Gasteiger partial charge is 0.326 e. The summed E-state index contributed by atoms with van der Waals surface area (Å²) >= 11 is 8.21. The van der Waals surface area contributed by atoms with Gasteiger partial charge in [-0.15, -0.1) is 5.10 Å². The van der Waals surface area contributed by atoms with Crippen molar-refractivity contribution in [1.82, 2.24) is 9.78 Å². The van der Waals surface area contributed by atoms with Gasteiger partial charge in [0.05, 0.1) is 10.9 Å². The molecule has 3 rings (SSSR count). The van der Waals surface area contributed by atoms with E-state index in [1.807, 2.05) is 58.0 Å². The topological polar surface area (TPSA) is 64.0 Å². The van der Waals surface area contributed by atoms with E-state index >= 15 is 0 Å². The van der Waals surface area contributed by atoms with Gasteiger partial charge in [0.25, 0.3) is 0 Å². The summed E-state index contributed by atoms with van der Waals surface area (Å²) in [5.74, 6) is -0.0678. The molecule has 0 aliphatic carbocycles. The molecule has 0 radical (unpaired) electrons. The van der Waals surface area contributed by atoms with Crippen molar-refractivity contribution < 1.29 is 9.59 Å². The fourth-order valence-corrected chi connectivity index (χ4v) is 5.10. The van der Waals surface area contributed by atoms with Crippen LogP contribution in [0.1, 0.15) is 38.1 Å². The van der Waals surface area contributed by atoms with Gasteiger partial charge in [0.1, 0.15) is 0 Å². The molecule has 5 nitrogen and oxygen atoms in total. The maximum absolute atomic E-state index is 12.8. The normalized spacial score (nSPS) is 12.4. The van der Waals surface area contributed by atoms with Crippen LogP contribution in [-0.4, -0.2) is 26.7 Å². The minimum absolute atomic E-state index is 0.000998. The Labute approximate surface area is 189 Å². The van der Waals surface area contributed by atoms with Gasteiger partial charge in [0.15, 0.2) is 14.1 Å². The summed E-state index contributed by atoms with van der Waals surface area (Å²) in [5, 5.41) is 7.11. The highest BCUT2D eigenvalue weighted by atomic mass is 32.2. The van der Waals surface area contributed by atoms with Crippen molar-refractivity contribution in [3.8, 4) is 5.69 Å². The first-order valence-electron chi connectivity index (χ1n) is 9.43.